The molecule has 1 atom stereocenters. The van der Waals surface area contributed by atoms with E-state index in [-0.39, 0.29) is 17.2 Å². The Balaban J connectivity index is 1.92. The Kier molecular flexibility index (Phi) is 4.67. The minimum absolute atomic E-state index is 0.113. The molecule has 0 bridgehead atoms. The Labute approximate surface area is 124 Å². The summed E-state index contributed by atoms with van der Waals surface area (Å²) in [6, 6.07) is 8.47. The van der Waals surface area contributed by atoms with Crippen LogP contribution in [0.2, 0.25) is 0 Å². The van der Waals surface area contributed by atoms with Crippen molar-refractivity contribution >= 4 is 21.8 Å². The van der Waals surface area contributed by atoms with Crippen LogP contribution in [-0.4, -0.2) is 17.8 Å². The number of nitrogens with one attached hydrogen (secondary N) is 1. The molecule has 1 N–H and O–H groups in total. The topological polar surface area (TPSA) is 29.1 Å². The predicted molar refractivity (Wildman–Crippen MR) is 82.5 cm³/mol. The number of hydrogen-bond donors (Lipinski definition) is 1. The van der Waals surface area contributed by atoms with Gasteiger partial charge in [-0.05, 0) is 35.8 Å². The minimum atomic E-state index is 0.113. The molecule has 1 aromatic rings. The molecule has 0 saturated carbocycles. The van der Waals surface area contributed by atoms with Gasteiger partial charge in [-0.15, -0.1) is 0 Å². The highest BCUT2D eigenvalue weighted by atomic mass is 79.9. The van der Waals surface area contributed by atoms with Crippen LogP contribution >= 0.6 is 15.9 Å². The average molecular weight is 324 g/mol. The summed E-state index contributed by atoms with van der Waals surface area (Å²) in [5, 5.41) is 4.00. The zero-order valence-electron chi connectivity index (χ0n) is 11.7. The van der Waals surface area contributed by atoms with E-state index in [1.807, 2.05) is 0 Å². The van der Waals surface area contributed by atoms with E-state index in [1.54, 1.807) is 0 Å². The Morgan fingerprint density at radius 2 is 2.05 bits per heavy atom. The Morgan fingerprint density at radius 1 is 1.37 bits per heavy atom. The van der Waals surface area contributed by atoms with E-state index < -0.39 is 0 Å². The van der Waals surface area contributed by atoms with Gasteiger partial charge in [-0.25, -0.2) is 0 Å². The molecule has 0 radical (unpaired) electrons. The quantitative estimate of drug-likeness (QED) is 0.846. The smallest absolute Gasteiger partial charge is 0.223 e. The molecule has 0 fully saturated rings. The fourth-order valence-electron chi connectivity index (χ4n) is 2.44. The Bertz CT molecular complexity index is 456. The second-order valence-corrected chi connectivity index (χ2v) is 6.78. The third-order valence-corrected chi connectivity index (χ3v) is 5.34. The van der Waals surface area contributed by atoms with Crippen LogP contribution < -0.4 is 5.32 Å². The van der Waals surface area contributed by atoms with E-state index in [9.17, 15) is 4.79 Å². The van der Waals surface area contributed by atoms with Gasteiger partial charge in [0.25, 0.3) is 0 Å². The molecule has 2 rings (SSSR count). The lowest BCUT2D eigenvalue weighted by atomic mass is 9.83. The van der Waals surface area contributed by atoms with Gasteiger partial charge >= 0.3 is 0 Å². The summed E-state index contributed by atoms with van der Waals surface area (Å²) >= 11 is 3.49. The summed E-state index contributed by atoms with van der Waals surface area (Å²) in [4.78, 5) is 12.2. The number of benzene rings is 1. The highest BCUT2D eigenvalue weighted by Crippen LogP contribution is 2.25. The van der Waals surface area contributed by atoms with E-state index in [2.05, 4.69) is 59.4 Å². The summed E-state index contributed by atoms with van der Waals surface area (Å²) in [7, 11) is 0. The highest BCUT2D eigenvalue weighted by molar-refractivity contribution is 9.09. The summed E-state index contributed by atoms with van der Waals surface area (Å²) < 4.78 is 0. The molecular weight excluding hydrogens is 302 g/mol. The first kappa shape index (κ1) is 14.6. The summed E-state index contributed by atoms with van der Waals surface area (Å²) in [6.07, 6.45) is 2.88. The van der Waals surface area contributed by atoms with E-state index >= 15 is 0 Å². The van der Waals surface area contributed by atoms with Crippen LogP contribution in [0, 0.1) is 11.3 Å². The van der Waals surface area contributed by atoms with Gasteiger partial charge in [0.05, 0.1) is 0 Å². The molecule has 3 heteroatoms. The lowest BCUT2D eigenvalue weighted by Crippen LogP contribution is -2.40. The van der Waals surface area contributed by atoms with Crippen molar-refractivity contribution in [3.8, 4) is 0 Å². The maximum atomic E-state index is 12.2. The van der Waals surface area contributed by atoms with Crippen LogP contribution in [0.25, 0.3) is 0 Å². The molecular formula is C16H22BrNO. The standard InChI is InChI=1S/C16H22BrNO/c1-16(2,10-17)11-18-15(19)14-8-7-12-5-3-4-6-13(12)9-14/h3-6,14H,7-11H2,1-2H3,(H,18,19). The molecule has 1 aliphatic carbocycles. The van der Waals surface area contributed by atoms with Gasteiger partial charge in [0.2, 0.25) is 5.91 Å². The van der Waals surface area contributed by atoms with Crippen molar-refractivity contribution in [3.63, 3.8) is 0 Å². The maximum Gasteiger partial charge on any atom is 0.223 e. The molecule has 104 valence electrons. The zero-order valence-corrected chi connectivity index (χ0v) is 13.3. The lowest BCUT2D eigenvalue weighted by molar-refractivity contribution is -0.125. The predicted octanol–water partition coefficient (Wildman–Crippen LogP) is 3.33. The van der Waals surface area contributed by atoms with Crippen molar-refractivity contribution in [1.29, 1.82) is 0 Å². The van der Waals surface area contributed by atoms with Gasteiger partial charge < -0.3 is 5.32 Å². The number of aryl methyl sites for hydroxylation is 1. The van der Waals surface area contributed by atoms with E-state index in [0.29, 0.717) is 0 Å². The highest BCUT2D eigenvalue weighted by Gasteiger charge is 2.25. The monoisotopic (exact) mass is 323 g/mol. The number of amides is 1. The van der Waals surface area contributed by atoms with Crippen LogP contribution in [0.5, 0.6) is 0 Å². The molecule has 19 heavy (non-hydrogen) atoms. The fraction of sp³-hybridized carbons (Fsp3) is 0.562. The second kappa shape index (κ2) is 6.08. The van der Waals surface area contributed by atoms with Crippen LogP contribution in [0.3, 0.4) is 0 Å². The second-order valence-electron chi connectivity index (χ2n) is 6.22. The number of carbonyl (C=O) groups excluding carboxylic acids is 1. The van der Waals surface area contributed by atoms with E-state index in [1.165, 1.54) is 11.1 Å². The summed E-state index contributed by atoms with van der Waals surface area (Å²) in [5.41, 5.74) is 2.86. The van der Waals surface area contributed by atoms with Gasteiger partial charge in [0.15, 0.2) is 0 Å². The number of rotatable bonds is 4. The van der Waals surface area contributed by atoms with Gasteiger partial charge in [-0.2, -0.15) is 0 Å². The van der Waals surface area contributed by atoms with Crippen molar-refractivity contribution in [2.45, 2.75) is 33.1 Å². The zero-order chi connectivity index (χ0) is 13.9. The van der Waals surface area contributed by atoms with Gasteiger partial charge in [-0.1, -0.05) is 54.0 Å². The molecule has 0 spiro atoms. The Morgan fingerprint density at radius 3 is 2.74 bits per heavy atom. The van der Waals surface area contributed by atoms with Crippen LogP contribution in [-0.2, 0) is 17.6 Å². The van der Waals surface area contributed by atoms with Crippen molar-refractivity contribution < 1.29 is 4.79 Å². The first-order valence-corrected chi connectivity index (χ1v) is 8.04. The van der Waals surface area contributed by atoms with Gasteiger partial charge in [-0.3, -0.25) is 4.79 Å². The van der Waals surface area contributed by atoms with Crippen molar-refractivity contribution in [2.24, 2.45) is 11.3 Å². The maximum absolute atomic E-state index is 12.2. The van der Waals surface area contributed by atoms with E-state index in [0.717, 1.165) is 31.1 Å². The van der Waals surface area contributed by atoms with Crippen LogP contribution in [0.1, 0.15) is 31.4 Å². The molecule has 1 aliphatic rings. The number of alkyl halides is 1. The van der Waals surface area contributed by atoms with Crippen molar-refractivity contribution in [1.82, 2.24) is 5.32 Å². The van der Waals surface area contributed by atoms with E-state index in [4.69, 9.17) is 0 Å². The largest absolute Gasteiger partial charge is 0.355 e. The van der Waals surface area contributed by atoms with Crippen LogP contribution in [0.15, 0.2) is 24.3 Å². The van der Waals surface area contributed by atoms with Crippen molar-refractivity contribution in [3.05, 3.63) is 35.4 Å². The minimum Gasteiger partial charge on any atom is -0.355 e. The van der Waals surface area contributed by atoms with Gasteiger partial charge in [0.1, 0.15) is 0 Å². The molecule has 2 nitrogen and oxygen atoms in total. The number of carbonyl (C=O) groups is 1. The molecule has 0 aliphatic heterocycles. The number of hydrogen-bond acceptors (Lipinski definition) is 1. The molecule has 1 aromatic carbocycles. The van der Waals surface area contributed by atoms with Crippen LogP contribution in [0.4, 0.5) is 0 Å². The summed E-state index contributed by atoms with van der Waals surface area (Å²) in [6.45, 7) is 5.03. The SMILES string of the molecule is CC(C)(CBr)CNC(=O)C1CCc2ccccc2C1. The Hall–Kier alpha value is -0.830. The molecule has 1 amide bonds. The molecule has 0 saturated heterocycles. The normalized spacial score (nSPS) is 18.8. The molecule has 1 unspecified atom stereocenters. The third kappa shape index (κ3) is 3.82. The number of fused-ring (bicyclic) bond motifs is 1. The first-order chi connectivity index (χ1) is 9.02. The average Bonchev–Trinajstić information content (AvgIpc) is 2.44. The number of halogens is 1. The molecule has 0 aromatic heterocycles. The molecule has 0 heterocycles. The third-order valence-electron chi connectivity index (χ3n) is 3.82. The van der Waals surface area contributed by atoms with Gasteiger partial charge in [0, 0.05) is 17.8 Å². The lowest BCUT2D eigenvalue weighted by Gasteiger charge is -2.27. The fourth-order valence-corrected chi connectivity index (χ4v) is 2.64. The van der Waals surface area contributed by atoms with Crippen molar-refractivity contribution in [2.75, 3.05) is 11.9 Å². The summed E-state index contributed by atoms with van der Waals surface area (Å²) in [5.74, 6) is 0.351. The first-order valence-electron chi connectivity index (χ1n) is 6.92.